The molecular weight excluding hydrogens is 629 g/mol. The first-order valence-corrected chi connectivity index (χ1v) is 17.1. The van der Waals surface area contributed by atoms with E-state index in [2.05, 4.69) is 25.9 Å². The number of carboxylic acids is 1. The van der Waals surface area contributed by atoms with E-state index in [1.807, 2.05) is 85.1 Å². The molecule has 4 unspecified atom stereocenters. The number of nitrogens with two attached hydrogens (primary N) is 1. The van der Waals surface area contributed by atoms with Gasteiger partial charge in [-0.15, -0.1) is 0 Å². The van der Waals surface area contributed by atoms with Gasteiger partial charge in [0.2, 0.25) is 17.7 Å². The largest absolute Gasteiger partial charge is 0.480 e. The van der Waals surface area contributed by atoms with E-state index in [4.69, 9.17) is 5.73 Å². The highest BCUT2D eigenvalue weighted by Crippen LogP contribution is 2.21. The van der Waals surface area contributed by atoms with Crippen LogP contribution in [-0.2, 0) is 38.4 Å². The molecule has 3 aromatic carbocycles. The standard InChI is InChI=1S/C36H40N6O5S/c1-48-16-15-30(34(44)42-32(36(46)47)19-24-21-39-29-14-8-6-12-26(24)29)40-35(45)31(18-23-20-38-28-13-7-5-11-25(23)28)41-33(43)27(37)17-22-9-3-2-4-10-22/h2-14,20-21,27,30-32,38-39H,15-19,37H2,1H3,(H,40,45)(H,41,43)(H,42,44)(H,46,47). The highest BCUT2D eigenvalue weighted by molar-refractivity contribution is 7.98. The van der Waals surface area contributed by atoms with Gasteiger partial charge in [0.15, 0.2) is 0 Å². The molecule has 0 saturated carbocycles. The Balaban J connectivity index is 1.33. The third kappa shape index (κ3) is 8.64. The van der Waals surface area contributed by atoms with E-state index >= 15 is 0 Å². The fourth-order valence-corrected chi connectivity index (χ4v) is 6.21. The lowest BCUT2D eigenvalue weighted by Gasteiger charge is -2.25. The smallest absolute Gasteiger partial charge is 0.326 e. The molecule has 48 heavy (non-hydrogen) atoms. The lowest BCUT2D eigenvalue weighted by Crippen LogP contribution is -2.58. The van der Waals surface area contributed by atoms with Crippen LogP contribution in [0.1, 0.15) is 23.1 Å². The van der Waals surface area contributed by atoms with E-state index in [1.165, 1.54) is 11.8 Å². The fraction of sp³-hybridized carbons (Fsp3) is 0.278. The maximum absolute atomic E-state index is 13.9. The van der Waals surface area contributed by atoms with E-state index in [1.54, 1.807) is 12.4 Å². The minimum atomic E-state index is -1.23. The van der Waals surface area contributed by atoms with Gasteiger partial charge in [0.1, 0.15) is 18.1 Å². The average molecular weight is 669 g/mol. The van der Waals surface area contributed by atoms with E-state index in [0.29, 0.717) is 5.75 Å². The molecule has 8 N–H and O–H groups in total. The summed E-state index contributed by atoms with van der Waals surface area (Å²) < 4.78 is 0. The summed E-state index contributed by atoms with van der Waals surface area (Å²) >= 11 is 1.49. The number of aromatic amines is 2. The predicted molar refractivity (Wildman–Crippen MR) is 189 cm³/mol. The molecule has 0 aliphatic carbocycles. The lowest BCUT2D eigenvalue weighted by atomic mass is 10.0. The zero-order chi connectivity index (χ0) is 34.0. The minimum absolute atomic E-state index is 0.0484. The normalized spacial score (nSPS) is 13.8. The first-order valence-electron chi connectivity index (χ1n) is 15.8. The third-order valence-corrected chi connectivity index (χ3v) is 8.97. The number of benzene rings is 3. The van der Waals surface area contributed by atoms with Gasteiger partial charge in [-0.2, -0.15) is 11.8 Å². The summed E-state index contributed by atoms with van der Waals surface area (Å²) in [5.41, 5.74) is 10.4. The number of thioether (sulfide) groups is 1. The van der Waals surface area contributed by atoms with Gasteiger partial charge in [-0.05, 0) is 53.7 Å². The van der Waals surface area contributed by atoms with Crippen molar-refractivity contribution in [3.8, 4) is 0 Å². The predicted octanol–water partition coefficient (Wildman–Crippen LogP) is 3.30. The molecule has 0 spiro atoms. The van der Waals surface area contributed by atoms with Crippen molar-refractivity contribution in [1.29, 1.82) is 0 Å². The Kier molecular flexibility index (Phi) is 11.5. The molecule has 4 atom stereocenters. The summed E-state index contributed by atoms with van der Waals surface area (Å²) in [4.78, 5) is 59.5. The van der Waals surface area contributed by atoms with E-state index in [9.17, 15) is 24.3 Å². The van der Waals surface area contributed by atoms with Crippen molar-refractivity contribution in [2.75, 3.05) is 12.0 Å². The van der Waals surface area contributed by atoms with Crippen LogP contribution in [0, 0.1) is 0 Å². The lowest BCUT2D eigenvalue weighted by molar-refractivity contribution is -0.142. The van der Waals surface area contributed by atoms with Crippen molar-refractivity contribution < 1.29 is 24.3 Å². The van der Waals surface area contributed by atoms with Gasteiger partial charge in [0, 0.05) is 47.0 Å². The molecule has 0 saturated heterocycles. The molecule has 5 aromatic rings. The van der Waals surface area contributed by atoms with Crippen molar-refractivity contribution in [3.05, 3.63) is 108 Å². The second-order valence-electron chi connectivity index (χ2n) is 11.7. The van der Waals surface area contributed by atoms with Gasteiger partial charge in [0.05, 0.1) is 6.04 Å². The van der Waals surface area contributed by atoms with Crippen molar-refractivity contribution >= 4 is 57.3 Å². The fourth-order valence-electron chi connectivity index (χ4n) is 5.74. The van der Waals surface area contributed by atoms with Crippen molar-refractivity contribution in [2.24, 2.45) is 5.73 Å². The summed E-state index contributed by atoms with van der Waals surface area (Å²) in [6, 6.07) is 20.2. The number of aromatic nitrogens is 2. The zero-order valence-corrected chi connectivity index (χ0v) is 27.4. The van der Waals surface area contributed by atoms with Crippen molar-refractivity contribution in [2.45, 2.75) is 49.9 Å². The van der Waals surface area contributed by atoms with E-state index < -0.39 is 47.9 Å². The number of hydrogen-bond acceptors (Lipinski definition) is 6. The highest BCUT2D eigenvalue weighted by Gasteiger charge is 2.31. The number of fused-ring (bicyclic) bond motifs is 2. The van der Waals surface area contributed by atoms with Crippen LogP contribution in [0.2, 0.25) is 0 Å². The van der Waals surface area contributed by atoms with Gasteiger partial charge in [0.25, 0.3) is 0 Å². The second-order valence-corrected chi connectivity index (χ2v) is 12.7. The Hall–Kier alpha value is -5.07. The number of carbonyl (C=O) groups is 4. The molecule has 12 heteroatoms. The van der Waals surface area contributed by atoms with Crippen LogP contribution in [0.15, 0.2) is 91.3 Å². The molecule has 2 aromatic heterocycles. The Morgan fingerprint density at radius 1 is 0.688 bits per heavy atom. The van der Waals surface area contributed by atoms with Crippen molar-refractivity contribution in [1.82, 2.24) is 25.9 Å². The van der Waals surface area contributed by atoms with Gasteiger partial charge >= 0.3 is 5.97 Å². The summed E-state index contributed by atoms with van der Waals surface area (Å²) in [6.45, 7) is 0. The van der Waals surface area contributed by atoms with Crippen LogP contribution in [0.5, 0.6) is 0 Å². The summed E-state index contributed by atoms with van der Waals surface area (Å²) in [5.74, 6) is -2.37. The van der Waals surface area contributed by atoms with Gasteiger partial charge in [-0.25, -0.2) is 4.79 Å². The quantitative estimate of drug-likeness (QED) is 0.0842. The van der Waals surface area contributed by atoms with Crippen molar-refractivity contribution in [3.63, 3.8) is 0 Å². The molecular formula is C36H40N6O5S. The molecule has 0 aliphatic rings. The number of H-pyrrole nitrogens is 2. The first-order chi connectivity index (χ1) is 23.2. The number of carboxylic acid groups (broad SMARTS) is 1. The summed E-state index contributed by atoms with van der Waals surface area (Å²) in [5, 5.41) is 20.1. The number of nitrogens with one attached hydrogen (secondary N) is 5. The number of hydrogen-bond donors (Lipinski definition) is 7. The van der Waals surface area contributed by atoms with Crippen LogP contribution < -0.4 is 21.7 Å². The van der Waals surface area contributed by atoms with Crippen LogP contribution in [-0.4, -0.2) is 74.9 Å². The van der Waals surface area contributed by atoms with Gasteiger partial charge < -0.3 is 36.8 Å². The minimum Gasteiger partial charge on any atom is -0.480 e. The summed E-state index contributed by atoms with van der Waals surface area (Å²) in [6.07, 6.45) is 6.12. The molecule has 0 bridgehead atoms. The van der Waals surface area contributed by atoms with Gasteiger partial charge in [-0.3, -0.25) is 14.4 Å². The number of amides is 3. The maximum atomic E-state index is 13.9. The number of para-hydroxylation sites is 2. The maximum Gasteiger partial charge on any atom is 0.326 e. The Morgan fingerprint density at radius 3 is 1.77 bits per heavy atom. The van der Waals surface area contributed by atoms with Crippen LogP contribution in [0.3, 0.4) is 0 Å². The molecule has 11 nitrogen and oxygen atoms in total. The molecule has 2 heterocycles. The first kappa shape index (κ1) is 34.3. The Labute approximate surface area is 282 Å². The van der Waals surface area contributed by atoms with Gasteiger partial charge in [-0.1, -0.05) is 66.7 Å². The molecule has 3 amide bonds. The highest BCUT2D eigenvalue weighted by atomic mass is 32.2. The second kappa shape index (κ2) is 16.2. The summed E-state index contributed by atoms with van der Waals surface area (Å²) in [7, 11) is 0. The molecule has 0 aliphatic heterocycles. The SMILES string of the molecule is CSCCC(NC(=O)C(Cc1c[nH]c2ccccc12)NC(=O)C(N)Cc1ccccc1)C(=O)NC(Cc1c[nH]c2ccccc12)C(=O)O. The number of rotatable bonds is 16. The van der Waals surface area contributed by atoms with E-state index in [0.717, 1.165) is 38.5 Å². The Bertz CT molecular complexity index is 1870. The van der Waals surface area contributed by atoms with E-state index in [-0.39, 0.29) is 25.7 Å². The number of aliphatic carboxylic acids is 1. The van der Waals surface area contributed by atoms with Crippen LogP contribution >= 0.6 is 11.8 Å². The average Bonchev–Trinajstić information content (AvgIpc) is 3.70. The molecule has 250 valence electrons. The Morgan fingerprint density at radius 2 is 1.19 bits per heavy atom. The topological polar surface area (TPSA) is 182 Å². The zero-order valence-electron chi connectivity index (χ0n) is 26.6. The third-order valence-electron chi connectivity index (χ3n) is 8.32. The number of carbonyl (C=O) groups excluding carboxylic acids is 3. The van der Waals surface area contributed by atoms with Crippen LogP contribution in [0.4, 0.5) is 0 Å². The molecule has 0 fully saturated rings. The van der Waals surface area contributed by atoms with Crippen LogP contribution in [0.25, 0.3) is 21.8 Å². The monoisotopic (exact) mass is 668 g/mol. The molecule has 5 rings (SSSR count). The molecule has 0 radical (unpaired) electrons.